The molecule has 0 fully saturated rings. The molecule has 232 valence electrons. The molecule has 0 radical (unpaired) electrons. The van der Waals surface area contributed by atoms with Crippen molar-refractivity contribution in [3.8, 4) is 22.5 Å². The molecule has 0 aliphatic heterocycles. The Bertz CT molecular complexity index is 2940. The number of hydrogen-bond donors (Lipinski definition) is 0. The standard InChI is InChI=1S/C45H30N2OTe/c1-27-10-7-16-35-36-17-8-11-28(2)44(36)47(43(27)35)31-13-9-12-29(24-31)30-20-22-37-41(25-30)49-42-26-32(21-23-38(42)45(37)48)46-39-18-5-3-14-33(39)34-15-4-6-19-40(34)46/h3-26H,1-2H3. The van der Waals surface area contributed by atoms with E-state index in [0.717, 1.165) is 33.3 Å². The van der Waals surface area contributed by atoms with Gasteiger partial charge < -0.3 is 0 Å². The minimum absolute atomic E-state index is 0.131. The Morgan fingerprint density at radius 1 is 0.429 bits per heavy atom. The van der Waals surface area contributed by atoms with Crippen LogP contribution in [-0.4, -0.2) is 29.6 Å². The topological polar surface area (TPSA) is 26.9 Å². The van der Waals surface area contributed by atoms with E-state index >= 15 is 0 Å². The SMILES string of the molecule is Cc1cccc2c3cccc(C)c3n(-c3cccc(-c4ccc5c(=O)c6ccc(-n7c8ccccc8c8ccccc87)cc6[te]c5c4)c3)c12. The number of aryl methyl sites for hydroxylation is 2. The van der Waals surface area contributed by atoms with Crippen LogP contribution >= 0.6 is 0 Å². The van der Waals surface area contributed by atoms with E-state index in [9.17, 15) is 4.79 Å². The first-order valence-corrected chi connectivity index (χ1v) is 19.0. The normalized spacial score (nSPS) is 12.0. The van der Waals surface area contributed by atoms with Gasteiger partial charge in [-0.2, -0.15) is 0 Å². The molecular formula is C45H30N2OTe. The fourth-order valence-corrected chi connectivity index (χ4v) is 11.2. The van der Waals surface area contributed by atoms with Crippen molar-refractivity contribution in [2.24, 2.45) is 0 Å². The van der Waals surface area contributed by atoms with E-state index in [1.165, 1.54) is 61.5 Å². The quantitative estimate of drug-likeness (QED) is 0.131. The zero-order valence-corrected chi connectivity index (χ0v) is 29.4. The van der Waals surface area contributed by atoms with Crippen molar-refractivity contribution in [1.82, 2.24) is 9.13 Å². The molecule has 3 nitrogen and oxygen atoms in total. The summed E-state index contributed by atoms with van der Waals surface area (Å²) >= 11 is -0.819. The van der Waals surface area contributed by atoms with Gasteiger partial charge in [0, 0.05) is 0 Å². The molecule has 3 aromatic heterocycles. The Kier molecular flexibility index (Phi) is 6.31. The number of fused-ring (bicyclic) bond motifs is 8. The average molecular weight is 742 g/mol. The predicted molar refractivity (Wildman–Crippen MR) is 208 cm³/mol. The fraction of sp³-hybridized carbons (Fsp3) is 0.0444. The molecule has 3 heterocycles. The molecule has 0 N–H and O–H groups in total. The summed E-state index contributed by atoms with van der Waals surface area (Å²) in [6.45, 7) is 4.40. The molecule has 7 aromatic carbocycles. The van der Waals surface area contributed by atoms with Crippen molar-refractivity contribution in [3.63, 3.8) is 0 Å². The molecule has 0 amide bonds. The van der Waals surface area contributed by atoms with Crippen LogP contribution in [0.1, 0.15) is 11.1 Å². The molecule has 49 heavy (non-hydrogen) atoms. The minimum atomic E-state index is -0.819. The van der Waals surface area contributed by atoms with Crippen LogP contribution in [0.15, 0.2) is 150 Å². The van der Waals surface area contributed by atoms with E-state index in [1.807, 2.05) is 0 Å². The zero-order valence-electron chi connectivity index (χ0n) is 27.1. The van der Waals surface area contributed by atoms with Gasteiger partial charge in [-0.05, 0) is 0 Å². The summed E-state index contributed by atoms with van der Waals surface area (Å²) < 4.78 is 7.18. The number of para-hydroxylation sites is 4. The van der Waals surface area contributed by atoms with Gasteiger partial charge in [-0.25, -0.2) is 0 Å². The maximum absolute atomic E-state index is 13.9. The molecule has 10 rings (SSSR count). The molecule has 0 aliphatic carbocycles. The van der Waals surface area contributed by atoms with Crippen molar-refractivity contribution < 1.29 is 0 Å². The molecule has 0 spiro atoms. The number of aromatic nitrogens is 2. The third-order valence-corrected chi connectivity index (χ3v) is 13.3. The van der Waals surface area contributed by atoms with Crippen LogP contribution in [0.2, 0.25) is 0 Å². The molecule has 0 bridgehead atoms. The molecule has 4 heteroatoms. The molecule has 0 aliphatic rings. The Labute approximate surface area is 292 Å². The van der Waals surface area contributed by atoms with Gasteiger partial charge in [-0.1, -0.05) is 0 Å². The summed E-state index contributed by atoms with van der Waals surface area (Å²) in [4.78, 5) is 13.9. The third kappa shape index (κ3) is 4.25. The van der Waals surface area contributed by atoms with Crippen LogP contribution in [0.3, 0.4) is 0 Å². The summed E-state index contributed by atoms with van der Waals surface area (Å²) in [5, 5.41) is 6.75. The molecule has 0 saturated carbocycles. The van der Waals surface area contributed by atoms with Crippen LogP contribution in [0.25, 0.3) is 83.7 Å². The van der Waals surface area contributed by atoms with Gasteiger partial charge in [0.2, 0.25) is 0 Å². The zero-order chi connectivity index (χ0) is 32.8. The maximum atomic E-state index is 13.9. The summed E-state index contributed by atoms with van der Waals surface area (Å²) in [7, 11) is 0. The third-order valence-electron chi connectivity index (χ3n) is 10.1. The predicted octanol–water partition coefficient (Wildman–Crippen LogP) is 10.9. The fourth-order valence-electron chi connectivity index (χ4n) is 7.90. The summed E-state index contributed by atoms with van der Waals surface area (Å²) in [5.74, 6) is 0. The van der Waals surface area contributed by atoms with E-state index in [-0.39, 0.29) is 5.43 Å². The van der Waals surface area contributed by atoms with Crippen LogP contribution < -0.4 is 5.43 Å². The van der Waals surface area contributed by atoms with Gasteiger partial charge in [0.25, 0.3) is 0 Å². The Morgan fingerprint density at radius 2 is 0.959 bits per heavy atom. The van der Waals surface area contributed by atoms with Gasteiger partial charge in [-0.3, -0.25) is 0 Å². The van der Waals surface area contributed by atoms with Gasteiger partial charge in [0.05, 0.1) is 0 Å². The second kappa shape index (κ2) is 10.8. The second-order valence-corrected chi connectivity index (χ2v) is 16.1. The Balaban J connectivity index is 1.14. The van der Waals surface area contributed by atoms with Crippen molar-refractivity contribution in [2.45, 2.75) is 13.8 Å². The number of rotatable bonds is 3. The summed E-state index contributed by atoms with van der Waals surface area (Å²) in [6, 6.07) is 52.1. The number of hydrogen-bond acceptors (Lipinski definition) is 1. The summed E-state index contributed by atoms with van der Waals surface area (Å²) in [5.41, 5.74) is 12.1. The van der Waals surface area contributed by atoms with Gasteiger partial charge >= 0.3 is 294 Å². The second-order valence-electron chi connectivity index (χ2n) is 13.0. The van der Waals surface area contributed by atoms with E-state index < -0.39 is 20.4 Å². The van der Waals surface area contributed by atoms with Gasteiger partial charge in [0.15, 0.2) is 0 Å². The van der Waals surface area contributed by atoms with E-state index in [0.29, 0.717) is 0 Å². The Morgan fingerprint density at radius 3 is 1.63 bits per heavy atom. The average Bonchev–Trinajstić information content (AvgIpc) is 3.66. The van der Waals surface area contributed by atoms with Crippen molar-refractivity contribution in [1.29, 1.82) is 0 Å². The molecular weight excluding hydrogens is 712 g/mol. The van der Waals surface area contributed by atoms with E-state index in [4.69, 9.17) is 0 Å². The van der Waals surface area contributed by atoms with Crippen LogP contribution in [0, 0.1) is 13.8 Å². The Hall–Kier alpha value is -5.40. The van der Waals surface area contributed by atoms with Crippen molar-refractivity contribution in [2.75, 3.05) is 0 Å². The monoisotopic (exact) mass is 744 g/mol. The van der Waals surface area contributed by atoms with Gasteiger partial charge in [0.1, 0.15) is 0 Å². The molecule has 0 atom stereocenters. The van der Waals surface area contributed by atoms with E-state index in [1.54, 1.807) is 0 Å². The van der Waals surface area contributed by atoms with Crippen molar-refractivity contribution in [3.05, 3.63) is 167 Å². The first-order valence-electron chi connectivity index (χ1n) is 16.6. The molecule has 0 unspecified atom stereocenters. The number of benzene rings is 7. The van der Waals surface area contributed by atoms with Crippen LogP contribution in [0.4, 0.5) is 0 Å². The number of nitrogens with zero attached hydrogens (tertiary/aromatic N) is 2. The first-order chi connectivity index (χ1) is 24.0. The molecule has 10 aromatic rings. The molecule has 0 saturated heterocycles. The van der Waals surface area contributed by atoms with Gasteiger partial charge in [-0.15, -0.1) is 0 Å². The van der Waals surface area contributed by atoms with Crippen molar-refractivity contribution >= 4 is 81.6 Å². The van der Waals surface area contributed by atoms with Crippen LogP contribution in [-0.2, 0) is 0 Å². The van der Waals surface area contributed by atoms with Crippen LogP contribution in [0.5, 0.6) is 0 Å². The summed E-state index contributed by atoms with van der Waals surface area (Å²) in [6.07, 6.45) is 0. The van der Waals surface area contributed by atoms with E-state index in [2.05, 4.69) is 169 Å². The first kappa shape index (κ1) is 28.6.